The van der Waals surface area contributed by atoms with E-state index in [2.05, 4.69) is 10.2 Å². The molecule has 0 aliphatic carbocycles. The van der Waals surface area contributed by atoms with Gasteiger partial charge in [-0.05, 0) is 36.2 Å². The molecule has 1 aliphatic heterocycles. The minimum atomic E-state index is -3.89. The largest absolute Gasteiger partial charge is 0.272 e. The van der Waals surface area contributed by atoms with Gasteiger partial charge in [-0.3, -0.25) is 9.10 Å². The Labute approximate surface area is 143 Å². The van der Waals surface area contributed by atoms with Crippen LogP contribution in [0.25, 0.3) is 10.8 Å². The predicted molar refractivity (Wildman–Crippen MR) is 91.8 cm³/mol. The number of nitriles is 1. The van der Waals surface area contributed by atoms with Crippen molar-refractivity contribution in [2.24, 2.45) is 0 Å². The second-order valence-corrected chi connectivity index (χ2v) is 7.53. The van der Waals surface area contributed by atoms with Crippen molar-refractivity contribution in [2.45, 2.75) is 11.3 Å². The third-order valence-corrected chi connectivity index (χ3v) is 6.18. The summed E-state index contributed by atoms with van der Waals surface area (Å²) >= 11 is 0. The third kappa shape index (κ3) is 2.28. The summed E-state index contributed by atoms with van der Waals surface area (Å²) in [5.74, 6) is 0. The minimum Gasteiger partial charge on any atom is -0.267 e. The van der Waals surface area contributed by atoms with Gasteiger partial charge < -0.3 is 0 Å². The van der Waals surface area contributed by atoms with Gasteiger partial charge in [-0.2, -0.15) is 10.4 Å². The first-order valence-corrected chi connectivity index (χ1v) is 8.98. The Morgan fingerprint density at radius 1 is 1.20 bits per heavy atom. The summed E-state index contributed by atoms with van der Waals surface area (Å²) in [4.78, 5) is 11.9. The molecule has 8 heteroatoms. The average molecular weight is 352 g/mol. The van der Waals surface area contributed by atoms with Gasteiger partial charge in [0.1, 0.15) is 0 Å². The maximum Gasteiger partial charge on any atom is 0.272 e. The van der Waals surface area contributed by atoms with Gasteiger partial charge in [0.05, 0.1) is 33.8 Å². The van der Waals surface area contributed by atoms with Gasteiger partial charge in [0.25, 0.3) is 15.6 Å². The predicted octanol–water partition coefficient (Wildman–Crippen LogP) is 1.55. The second kappa shape index (κ2) is 5.43. The zero-order chi connectivity index (χ0) is 17.6. The minimum absolute atomic E-state index is 0.0267. The lowest BCUT2D eigenvalue weighted by molar-refractivity contribution is 0.593. The van der Waals surface area contributed by atoms with Crippen LogP contribution in [0.3, 0.4) is 0 Å². The number of nitrogens with zero attached hydrogens (tertiary/aromatic N) is 3. The highest BCUT2D eigenvalue weighted by Crippen LogP contribution is 2.35. The van der Waals surface area contributed by atoms with E-state index in [9.17, 15) is 13.2 Å². The molecular formula is C17H12N4O3S. The van der Waals surface area contributed by atoms with Crippen LogP contribution in [0.2, 0.25) is 0 Å². The van der Waals surface area contributed by atoms with Crippen molar-refractivity contribution in [3.8, 4) is 6.07 Å². The number of hydrogen-bond donors (Lipinski definition) is 1. The fraction of sp³-hybridized carbons (Fsp3) is 0.118. The van der Waals surface area contributed by atoms with Crippen LogP contribution in [0.5, 0.6) is 0 Å². The number of fused-ring (bicyclic) bond motifs is 2. The standard InChI is InChI=1S/C17H12N4O3S/c18-9-11-4-5-12-6-7-21(15(12)8-11)25(23,24)16-3-1-2-13-14(16)10-19-20-17(13)22/h1-5,8,10H,6-7H2,(H,20,22). The monoisotopic (exact) mass is 352 g/mol. The van der Waals surface area contributed by atoms with Gasteiger partial charge in [-0.1, -0.05) is 12.1 Å². The molecule has 0 spiro atoms. The van der Waals surface area contributed by atoms with Crippen LogP contribution in [0, 0.1) is 11.3 Å². The van der Waals surface area contributed by atoms with Gasteiger partial charge >= 0.3 is 0 Å². The van der Waals surface area contributed by atoms with Crippen LogP contribution in [0.15, 0.2) is 52.3 Å². The Bertz CT molecular complexity index is 1210. The Balaban J connectivity index is 1.93. The lowest BCUT2D eigenvalue weighted by Gasteiger charge is -2.20. The number of anilines is 1. The van der Waals surface area contributed by atoms with Gasteiger partial charge in [-0.25, -0.2) is 13.5 Å². The zero-order valence-corrected chi connectivity index (χ0v) is 13.7. The average Bonchev–Trinajstić information content (AvgIpc) is 3.05. The molecule has 7 nitrogen and oxygen atoms in total. The third-order valence-electron chi connectivity index (χ3n) is 4.31. The van der Waals surface area contributed by atoms with E-state index in [1.54, 1.807) is 24.3 Å². The molecule has 1 N–H and O–H groups in total. The fourth-order valence-electron chi connectivity index (χ4n) is 3.10. The molecule has 0 bridgehead atoms. The highest BCUT2D eigenvalue weighted by Gasteiger charge is 2.32. The van der Waals surface area contributed by atoms with Crippen molar-refractivity contribution in [3.63, 3.8) is 0 Å². The second-order valence-electron chi connectivity index (χ2n) is 5.70. The molecule has 0 saturated heterocycles. The highest BCUT2D eigenvalue weighted by atomic mass is 32.2. The summed E-state index contributed by atoms with van der Waals surface area (Å²) in [5, 5.41) is 15.6. The topological polar surface area (TPSA) is 107 Å². The lowest BCUT2D eigenvalue weighted by atomic mass is 10.1. The van der Waals surface area contributed by atoms with E-state index in [-0.39, 0.29) is 15.7 Å². The number of rotatable bonds is 2. The summed E-state index contributed by atoms with van der Waals surface area (Å²) in [6.45, 7) is 0.291. The van der Waals surface area contributed by atoms with Crippen molar-refractivity contribution in [2.75, 3.05) is 10.8 Å². The molecule has 124 valence electrons. The molecule has 25 heavy (non-hydrogen) atoms. The van der Waals surface area contributed by atoms with E-state index in [4.69, 9.17) is 5.26 Å². The molecule has 0 saturated carbocycles. The number of hydrogen-bond acceptors (Lipinski definition) is 5. The van der Waals surface area contributed by atoms with Gasteiger partial charge in [0.15, 0.2) is 0 Å². The fourth-order valence-corrected chi connectivity index (χ4v) is 4.79. The normalized spacial score (nSPS) is 13.6. The van der Waals surface area contributed by atoms with Crippen molar-refractivity contribution in [1.82, 2.24) is 10.2 Å². The molecule has 0 unspecified atom stereocenters. The van der Waals surface area contributed by atoms with Gasteiger partial charge in [0, 0.05) is 11.9 Å². The molecular weight excluding hydrogens is 340 g/mol. The smallest absolute Gasteiger partial charge is 0.267 e. The maximum absolute atomic E-state index is 13.2. The molecule has 1 aromatic heterocycles. The first-order valence-electron chi connectivity index (χ1n) is 7.54. The number of aromatic nitrogens is 2. The number of sulfonamides is 1. The van der Waals surface area contributed by atoms with Crippen LogP contribution >= 0.6 is 0 Å². The van der Waals surface area contributed by atoms with Crippen LogP contribution in [-0.2, 0) is 16.4 Å². The quantitative estimate of drug-likeness (QED) is 0.753. The summed E-state index contributed by atoms with van der Waals surface area (Å²) in [6, 6.07) is 11.6. The maximum atomic E-state index is 13.2. The van der Waals surface area contributed by atoms with E-state index in [1.807, 2.05) is 6.07 Å². The summed E-state index contributed by atoms with van der Waals surface area (Å²) in [7, 11) is -3.89. The van der Waals surface area contributed by atoms with E-state index < -0.39 is 15.6 Å². The van der Waals surface area contributed by atoms with E-state index in [0.29, 0.717) is 24.2 Å². The van der Waals surface area contributed by atoms with Crippen LogP contribution < -0.4 is 9.86 Å². The number of nitrogens with one attached hydrogen (secondary N) is 1. The number of H-pyrrole nitrogens is 1. The van der Waals surface area contributed by atoms with Gasteiger partial charge in [0.2, 0.25) is 0 Å². The number of aromatic amines is 1. The molecule has 0 fully saturated rings. The zero-order valence-electron chi connectivity index (χ0n) is 12.9. The van der Waals surface area contributed by atoms with E-state index in [1.165, 1.54) is 22.6 Å². The van der Waals surface area contributed by atoms with Crippen molar-refractivity contribution >= 4 is 26.5 Å². The molecule has 0 amide bonds. The van der Waals surface area contributed by atoms with Crippen molar-refractivity contribution < 1.29 is 8.42 Å². The Kier molecular flexibility index (Phi) is 3.33. The highest BCUT2D eigenvalue weighted by molar-refractivity contribution is 7.93. The molecule has 2 aromatic carbocycles. The first-order chi connectivity index (χ1) is 12.0. The van der Waals surface area contributed by atoms with Crippen molar-refractivity contribution in [1.29, 1.82) is 5.26 Å². The molecule has 0 radical (unpaired) electrons. The molecule has 3 aromatic rings. The Hall–Kier alpha value is -3.18. The molecule has 2 heterocycles. The number of benzene rings is 2. The van der Waals surface area contributed by atoms with E-state index >= 15 is 0 Å². The summed E-state index contributed by atoms with van der Waals surface area (Å²) in [5.41, 5.74) is 1.34. The first kappa shape index (κ1) is 15.4. The molecule has 1 aliphatic rings. The van der Waals surface area contributed by atoms with Crippen LogP contribution in [0.1, 0.15) is 11.1 Å². The molecule has 0 atom stereocenters. The summed E-state index contributed by atoms with van der Waals surface area (Å²) in [6.07, 6.45) is 1.91. The molecule has 4 rings (SSSR count). The van der Waals surface area contributed by atoms with Crippen molar-refractivity contribution in [3.05, 3.63) is 64.1 Å². The lowest BCUT2D eigenvalue weighted by Crippen LogP contribution is -2.29. The Morgan fingerprint density at radius 3 is 2.84 bits per heavy atom. The SMILES string of the molecule is N#Cc1ccc2c(c1)N(S(=O)(=O)c1cccc3c(=O)[nH]ncc13)CC2. The van der Waals surface area contributed by atoms with Crippen LogP contribution in [-0.4, -0.2) is 25.2 Å². The van der Waals surface area contributed by atoms with Gasteiger partial charge in [-0.15, -0.1) is 0 Å². The van der Waals surface area contributed by atoms with E-state index in [0.717, 1.165) is 5.56 Å². The summed E-state index contributed by atoms with van der Waals surface area (Å²) < 4.78 is 27.7. The Morgan fingerprint density at radius 2 is 2.04 bits per heavy atom. The van der Waals surface area contributed by atoms with Crippen LogP contribution in [0.4, 0.5) is 5.69 Å².